The van der Waals surface area contributed by atoms with Gasteiger partial charge in [-0.2, -0.15) is 0 Å². The number of nitrogens with zero attached hydrogens (tertiary/aromatic N) is 1. The lowest BCUT2D eigenvalue weighted by molar-refractivity contribution is 0.251. The van der Waals surface area contributed by atoms with Crippen LogP contribution in [0.3, 0.4) is 0 Å². The van der Waals surface area contributed by atoms with Gasteiger partial charge in [0.1, 0.15) is 0 Å². The molecule has 0 aliphatic rings. The highest BCUT2D eigenvalue weighted by Gasteiger charge is 2.01. The van der Waals surface area contributed by atoms with Crippen LogP contribution in [0.2, 0.25) is 0 Å². The molecule has 0 saturated heterocycles. The first kappa shape index (κ1) is 12.1. The maximum absolute atomic E-state index is 9.74. The van der Waals surface area contributed by atoms with Gasteiger partial charge in [-0.15, -0.1) is 0 Å². The third-order valence-corrected chi connectivity index (χ3v) is 2.56. The van der Waals surface area contributed by atoms with Crippen molar-refractivity contribution < 1.29 is 5.21 Å². The summed E-state index contributed by atoms with van der Waals surface area (Å²) < 4.78 is 0. The van der Waals surface area contributed by atoms with E-state index in [-0.39, 0.29) is 0 Å². The minimum atomic E-state index is 0.725. The van der Waals surface area contributed by atoms with Crippen molar-refractivity contribution in [2.45, 2.75) is 39.5 Å². The van der Waals surface area contributed by atoms with E-state index in [1.807, 2.05) is 31.2 Å². The van der Waals surface area contributed by atoms with Gasteiger partial charge in [0, 0.05) is 6.54 Å². The number of hydrogen-bond acceptors (Lipinski definition) is 2. The number of hydrogen-bond donors (Lipinski definition) is 1. The molecule has 2 heteroatoms. The third kappa shape index (κ3) is 4.34. The average molecular weight is 207 g/mol. The second-order valence-electron chi connectivity index (χ2n) is 4.02. The summed E-state index contributed by atoms with van der Waals surface area (Å²) in [6.45, 7) is 4.96. The number of anilines is 1. The van der Waals surface area contributed by atoms with E-state index in [1.54, 1.807) is 0 Å². The molecular formula is C13H21NO. The first-order chi connectivity index (χ1) is 7.24. The molecule has 0 bridgehead atoms. The topological polar surface area (TPSA) is 23.5 Å². The summed E-state index contributed by atoms with van der Waals surface area (Å²) in [5.41, 5.74) is 2.11. The molecule has 15 heavy (non-hydrogen) atoms. The van der Waals surface area contributed by atoms with E-state index in [9.17, 15) is 5.21 Å². The van der Waals surface area contributed by atoms with Gasteiger partial charge in [0.05, 0.1) is 5.69 Å². The van der Waals surface area contributed by atoms with E-state index in [4.69, 9.17) is 0 Å². The van der Waals surface area contributed by atoms with E-state index >= 15 is 0 Å². The van der Waals surface area contributed by atoms with Crippen LogP contribution in [0.1, 0.15) is 38.2 Å². The number of hydroxylamine groups is 1. The van der Waals surface area contributed by atoms with Crippen molar-refractivity contribution in [1.82, 2.24) is 0 Å². The number of unbranched alkanes of at least 4 members (excludes halogenated alkanes) is 3. The SMILES string of the molecule is CCCCCCN(O)c1ccc(C)cc1. The highest BCUT2D eigenvalue weighted by molar-refractivity contribution is 5.44. The Bertz CT molecular complexity index is 268. The van der Waals surface area contributed by atoms with Crippen LogP contribution in [0.4, 0.5) is 5.69 Å². The van der Waals surface area contributed by atoms with Gasteiger partial charge in [-0.1, -0.05) is 43.9 Å². The summed E-state index contributed by atoms with van der Waals surface area (Å²) >= 11 is 0. The van der Waals surface area contributed by atoms with Gasteiger partial charge in [-0.25, -0.2) is 0 Å². The van der Waals surface area contributed by atoms with Crippen molar-refractivity contribution in [1.29, 1.82) is 0 Å². The first-order valence-electron chi connectivity index (χ1n) is 5.77. The van der Waals surface area contributed by atoms with Gasteiger partial charge in [-0.05, 0) is 25.5 Å². The van der Waals surface area contributed by atoms with Crippen molar-refractivity contribution in [3.05, 3.63) is 29.8 Å². The number of rotatable bonds is 6. The summed E-state index contributed by atoms with van der Waals surface area (Å²) in [7, 11) is 0. The van der Waals surface area contributed by atoms with Crippen molar-refractivity contribution in [3.63, 3.8) is 0 Å². The molecular weight excluding hydrogens is 186 g/mol. The minimum Gasteiger partial charge on any atom is -0.288 e. The van der Waals surface area contributed by atoms with Crippen molar-refractivity contribution >= 4 is 5.69 Å². The minimum absolute atomic E-state index is 0.725. The molecule has 0 spiro atoms. The Kier molecular flexibility index (Phi) is 5.19. The zero-order valence-corrected chi connectivity index (χ0v) is 9.74. The maximum atomic E-state index is 9.74. The molecule has 0 aliphatic carbocycles. The molecule has 0 saturated carbocycles. The fourth-order valence-corrected chi connectivity index (χ4v) is 1.53. The largest absolute Gasteiger partial charge is 0.288 e. The zero-order valence-electron chi connectivity index (χ0n) is 9.74. The van der Waals surface area contributed by atoms with Gasteiger partial charge in [0.2, 0.25) is 0 Å². The molecule has 0 atom stereocenters. The van der Waals surface area contributed by atoms with Crippen LogP contribution < -0.4 is 5.06 Å². The van der Waals surface area contributed by atoms with Crippen molar-refractivity contribution in [3.8, 4) is 0 Å². The molecule has 1 aromatic rings. The highest BCUT2D eigenvalue weighted by atomic mass is 16.5. The van der Waals surface area contributed by atoms with E-state index in [0.29, 0.717) is 0 Å². The second kappa shape index (κ2) is 6.46. The maximum Gasteiger partial charge on any atom is 0.0634 e. The summed E-state index contributed by atoms with van der Waals surface area (Å²) in [5.74, 6) is 0. The summed E-state index contributed by atoms with van der Waals surface area (Å²) in [6.07, 6.45) is 4.73. The van der Waals surface area contributed by atoms with Crippen LogP contribution in [-0.2, 0) is 0 Å². The normalized spacial score (nSPS) is 10.3. The lowest BCUT2D eigenvalue weighted by atomic mass is 10.2. The van der Waals surface area contributed by atoms with Crippen LogP contribution in [0.5, 0.6) is 0 Å². The van der Waals surface area contributed by atoms with E-state index in [0.717, 1.165) is 18.7 Å². The molecule has 1 rings (SSSR count). The lowest BCUT2D eigenvalue weighted by Gasteiger charge is -2.16. The van der Waals surface area contributed by atoms with Gasteiger partial charge in [0.25, 0.3) is 0 Å². The van der Waals surface area contributed by atoms with Crippen molar-refractivity contribution in [2.24, 2.45) is 0 Å². The van der Waals surface area contributed by atoms with Crippen LogP contribution in [-0.4, -0.2) is 11.8 Å². The molecule has 0 aromatic heterocycles. The van der Waals surface area contributed by atoms with E-state index in [1.165, 1.54) is 29.9 Å². The van der Waals surface area contributed by atoms with E-state index in [2.05, 4.69) is 6.92 Å². The Morgan fingerprint density at radius 1 is 1.07 bits per heavy atom. The molecule has 0 aliphatic heterocycles. The molecule has 84 valence electrons. The quantitative estimate of drug-likeness (QED) is 0.567. The molecule has 2 nitrogen and oxygen atoms in total. The summed E-state index contributed by atoms with van der Waals surface area (Å²) in [5, 5.41) is 11.1. The van der Waals surface area contributed by atoms with Crippen LogP contribution in [0.25, 0.3) is 0 Å². The molecule has 0 amide bonds. The molecule has 0 radical (unpaired) electrons. The summed E-state index contributed by atoms with van der Waals surface area (Å²) in [6, 6.07) is 7.94. The predicted molar refractivity (Wildman–Crippen MR) is 64.5 cm³/mol. The predicted octanol–water partition coefficient (Wildman–Crippen LogP) is 3.77. The molecule has 0 fully saturated rings. The van der Waals surface area contributed by atoms with Crippen molar-refractivity contribution in [2.75, 3.05) is 11.6 Å². The molecule has 1 aromatic carbocycles. The monoisotopic (exact) mass is 207 g/mol. The van der Waals surface area contributed by atoms with Gasteiger partial charge < -0.3 is 0 Å². The Hall–Kier alpha value is -1.02. The van der Waals surface area contributed by atoms with Crippen LogP contribution >= 0.6 is 0 Å². The zero-order chi connectivity index (χ0) is 11.1. The molecule has 0 unspecified atom stereocenters. The van der Waals surface area contributed by atoms with Gasteiger partial charge in [0.15, 0.2) is 0 Å². The molecule has 0 heterocycles. The van der Waals surface area contributed by atoms with E-state index < -0.39 is 0 Å². The van der Waals surface area contributed by atoms with Gasteiger partial charge >= 0.3 is 0 Å². The van der Waals surface area contributed by atoms with Crippen LogP contribution in [0.15, 0.2) is 24.3 Å². The fourth-order valence-electron chi connectivity index (χ4n) is 1.53. The Morgan fingerprint density at radius 3 is 2.33 bits per heavy atom. The first-order valence-corrected chi connectivity index (χ1v) is 5.77. The fraction of sp³-hybridized carbons (Fsp3) is 0.538. The summed E-state index contributed by atoms with van der Waals surface area (Å²) in [4.78, 5) is 0. The highest BCUT2D eigenvalue weighted by Crippen LogP contribution is 2.14. The number of aryl methyl sites for hydroxylation is 1. The third-order valence-electron chi connectivity index (χ3n) is 2.56. The average Bonchev–Trinajstić information content (AvgIpc) is 2.25. The van der Waals surface area contributed by atoms with Crippen LogP contribution in [0, 0.1) is 6.92 Å². The molecule has 1 N–H and O–H groups in total. The number of benzene rings is 1. The smallest absolute Gasteiger partial charge is 0.0634 e. The lowest BCUT2D eigenvalue weighted by Crippen LogP contribution is -2.19. The standard InChI is InChI=1S/C13H21NO/c1-3-4-5-6-11-14(15)13-9-7-12(2)8-10-13/h7-10,15H,3-6,11H2,1-2H3. The Morgan fingerprint density at radius 2 is 1.73 bits per heavy atom. The second-order valence-corrected chi connectivity index (χ2v) is 4.02. The Labute approximate surface area is 92.5 Å². The van der Waals surface area contributed by atoms with Gasteiger partial charge in [-0.3, -0.25) is 10.3 Å². The Balaban J connectivity index is 2.33.